The monoisotopic (exact) mass is 250 g/mol. The van der Waals surface area contributed by atoms with Gasteiger partial charge in [-0.15, -0.1) is 0 Å². The molecule has 0 saturated heterocycles. The molecular formula is C17H16NO-. The van der Waals surface area contributed by atoms with E-state index in [0.717, 1.165) is 24.4 Å². The van der Waals surface area contributed by atoms with E-state index in [0.29, 0.717) is 5.88 Å². The zero-order valence-corrected chi connectivity index (χ0v) is 10.8. The Morgan fingerprint density at radius 2 is 1.84 bits per heavy atom. The number of hydrogen-bond acceptors (Lipinski definition) is 2. The summed E-state index contributed by atoms with van der Waals surface area (Å²) in [5, 5.41) is 0. The van der Waals surface area contributed by atoms with Crippen LogP contribution in [0.3, 0.4) is 0 Å². The van der Waals surface area contributed by atoms with E-state index in [4.69, 9.17) is 4.74 Å². The second-order valence-corrected chi connectivity index (χ2v) is 4.55. The van der Waals surface area contributed by atoms with Crippen molar-refractivity contribution < 1.29 is 4.74 Å². The molecule has 0 aromatic heterocycles. The average molecular weight is 250 g/mol. The molecule has 3 rings (SSSR count). The SMILES string of the molecule is C=C1Oc2ccc(-c3ccccc3)cc2N1CC[CH2-]. The van der Waals surface area contributed by atoms with Crippen LogP contribution in [0.1, 0.15) is 6.42 Å². The fourth-order valence-electron chi connectivity index (χ4n) is 2.34. The van der Waals surface area contributed by atoms with Gasteiger partial charge in [-0.25, -0.2) is 0 Å². The number of rotatable bonds is 3. The smallest absolute Gasteiger partial charge is 0.193 e. The second-order valence-electron chi connectivity index (χ2n) is 4.55. The molecule has 0 N–H and O–H groups in total. The van der Waals surface area contributed by atoms with E-state index in [9.17, 15) is 0 Å². The number of nitrogens with zero attached hydrogens (tertiary/aromatic N) is 1. The third kappa shape index (κ3) is 2.10. The van der Waals surface area contributed by atoms with E-state index in [2.05, 4.69) is 42.7 Å². The van der Waals surface area contributed by atoms with Gasteiger partial charge in [-0.1, -0.05) is 36.4 Å². The summed E-state index contributed by atoms with van der Waals surface area (Å²) >= 11 is 0. The molecule has 0 saturated carbocycles. The van der Waals surface area contributed by atoms with Gasteiger partial charge in [0.25, 0.3) is 0 Å². The van der Waals surface area contributed by atoms with Crippen LogP contribution in [-0.2, 0) is 0 Å². The summed E-state index contributed by atoms with van der Waals surface area (Å²) in [5.41, 5.74) is 3.47. The molecule has 0 spiro atoms. The van der Waals surface area contributed by atoms with Crippen LogP contribution in [0.25, 0.3) is 11.1 Å². The maximum Gasteiger partial charge on any atom is 0.193 e. The minimum absolute atomic E-state index is 0.684. The first-order valence-corrected chi connectivity index (χ1v) is 6.42. The van der Waals surface area contributed by atoms with Crippen molar-refractivity contribution >= 4 is 5.69 Å². The van der Waals surface area contributed by atoms with Crippen molar-refractivity contribution in [3.63, 3.8) is 0 Å². The van der Waals surface area contributed by atoms with Crippen LogP contribution >= 0.6 is 0 Å². The van der Waals surface area contributed by atoms with Crippen molar-refractivity contribution in [2.24, 2.45) is 0 Å². The topological polar surface area (TPSA) is 12.5 Å². The normalized spacial score (nSPS) is 13.3. The van der Waals surface area contributed by atoms with Crippen LogP contribution in [0, 0.1) is 6.92 Å². The molecule has 1 heterocycles. The number of anilines is 1. The molecule has 2 aromatic rings. The van der Waals surface area contributed by atoms with Crippen LogP contribution in [0.2, 0.25) is 0 Å². The summed E-state index contributed by atoms with van der Waals surface area (Å²) < 4.78 is 5.67. The van der Waals surface area contributed by atoms with Gasteiger partial charge in [-0.05, 0) is 36.4 Å². The molecule has 0 unspecified atom stereocenters. The third-order valence-electron chi connectivity index (χ3n) is 3.27. The Hall–Kier alpha value is -2.22. The van der Waals surface area contributed by atoms with E-state index >= 15 is 0 Å². The van der Waals surface area contributed by atoms with Crippen molar-refractivity contribution in [3.05, 3.63) is 67.9 Å². The molecule has 1 aliphatic heterocycles. The average Bonchev–Trinajstić information content (AvgIpc) is 2.76. The molecular weight excluding hydrogens is 234 g/mol. The Morgan fingerprint density at radius 3 is 2.58 bits per heavy atom. The molecule has 1 aliphatic rings. The van der Waals surface area contributed by atoms with E-state index in [-0.39, 0.29) is 0 Å². The zero-order valence-electron chi connectivity index (χ0n) is 10.8. The number of ether oxygens (including phenoxy) is 1. The molecule has 2 heteroatoms. The first kappa shape index (κ1) is 11.8. The number of hydrogen-bond donors (Lipinski definition) is 0. The second kappa shape index (κ2) is 4.81. The lowest BCUT2D eigenvalue weighted by molar-refractivity contribution is 0.441. The zero-order chi connectivity index (χ0) is 13.2. The molecule has 0 aliphatic carbocycles. The van der Waals surface area contributed by atoms with Gasteiger partial charge in [0, 0.05) is 0 Å². The highest BCUT2D eigenvalue weighted by Gasteiger charge is 2.23. The Labute approximate surface area is 113 Å². The quantitative estimate of drug-likeness (QED) is 0.755. The van der Waals surface area contributed by atoms with Crippen molar-refractivity contribution in [3.8, 4) is 16.9 Å². The van der Waals surface area contributed by atoms with Crippen LogP contribution in [0.4, 0.5) is 5.69 Å². The maximum absolute atomic E-state index is 5.67. The van der Waals surface area contributed by atoms with Crippen LogP contribution in [0.5, 0.6) is 5.75 Å². The van der Waals surface area contributed by atoms with E-state index in [1.165, 1.54) is 11.1 Å². The van der Waals surface area contributed by atoms with Gasteiger partial charge in [0.05, 0.1) is 5.69 Å². The molecule has 0 atom stereocenters. The van der Waals surface area contributed by atoms with Gasteiger partial charge in [-0.3, -0.25) is 0 Å². The molecule has 2 aromatic carbocycles. The summed E-state index contributed by atoms with van der Waals surface area (Å²) in [5.74, 6) is 1.56. The molecule has 19 heavy (non-hydrogen) atoms. The Balaban J connectivity index is 2.02. The Bertz CT molecular complexity index is 604. The van der Waals surface area contributed by atoms with Crippen LogP contribution in [0.15, 0.2) is 61.0 Å². The predicted octanol–water partition coefficient (Wildman–Crippen LogP) is 4.25. The van der Waals surface area contributed by atoms with Crippen LogP contribution in [-0.4, -0.2) is 6.54 Å². The molecule has 0 fully saturated rings. The highest BCUT2D eigenvalue weighted by atomic mass is 16.5. The molecule has 0 amide bonds. The summed E-state index contributed by atoms with van der Waals surface area (Å²) in [7, 11) is 0. The van der Waals surface area contributed by atoms with Crippen molar-refractivity contribution in [1.29, 1.82) is 0 Å². The van der Waals surface area contributed by atoms with Gasteiger partial charge in [0.2, 0.25) is 0 Å². The first-order valence-electron chi connectivity index (χ1n) is 6.42. The van der Waals surface area contributed by atoms with Gasteiger partial charge in [-0.2, -0.15) is 6.42 Å². The number of fused-ring (bicyclic) bond motifs is 1. The minimum Gasteiger partial charge on any atom is -0.439 e. The maximum atomic E-state index is 5.67. The number of benzene rings is 2. The summed E-state index contributed by atoms with van der Waals surface area (Å²) in [4.78, 5) is 2.08. The first-order chi connectivity index (χ1) is 9.29. The molecule has 0 bridgehead atoms. The van der Waals surface area contributed by atoms with E-state index in [1.807, 2.05) is 24.3 Å². The largest absolute Gasteiger partial charge is 0.439 e. The summed E-state index contributed by atoms with van der Waals surface area (Å²) in [6.45, 7) is 8.67. The molecule has 2 nitrogen and oxygen atoms in total. The van der Waals surface area contributed by atoms with Gasteiger partial charge >= 0.3 is 0 Å². The highest BCUT2D eigenvalue weighted by molar-refractivity contribution is 5.75. The Kier molecular flexibility index (Phi) is 3.00. The van der Waals surface area contributed by atoms with Gasteiger partial charge in [0.15, 0.2) is 11.6 Å². The summed E-state index contributed by atoms with van der Waals surface area (Å²) in [6, 6.07) is 16.6. The lowest BCUT2D eigenvalue weighted by Crippen LogP contribution is -2.19. The van der Waals surface area contributed by atoms with Crippen molar-refractivity contribution in [1.82, 2.24) is 0 Å². The third-order valence-corrected chi connectivity index (χ3v) is 3.27. The van der Waals surface area contributed by atoms with Crippen molar-refractivity contribution in [2.45, 2.75) is 6.42 Å². The van der Waals surface area contributed by atoms with Gasteiger partial charge in [0.1, 0.15) is 0 Å². The van der Waals surface area contributed by atoms with E-state index < -0.39 is 0 Å². The van der Waals surface area contributed by atoms with Crippen molar-refractivity contribution in [2.75, 3.05) is 11.4 Å². The fourth-order valence-corrected chi connectivity index (χ4v) is 2.34. The Morgan fingerprint density at radius 1 is 1.05 bits per heavy atom. The minimum atomic E-state index is 0.684. The van der Waals surface area contributed by atoms with Gasteiger partial charge < -0.3 is 16.6 Å². The molecule has 96 valence electrons. The van der Waals surface area contributed by atoms with E-state index in [1.54, 1.807) is 0 Å². The summed E-state index contributed by atoms with van der Waals surface area (Å²) in [6.07, 6.45) is 0.817. The highest BCUT2D eigenvalue weighted by Crippen LogP contribution is 2.40. The van der Waals surface area contributed by atoms with Crippen LogP contribution < -0.4 is 9.64 Å². The fraction of sp³-hybridized carbons (Fsp3) is 0.118. The lowest BCUT2D eigenvalue weighted by Gasteiger charge is -2.18. The standard InChI is InChI=1S/C17H16NO/c1-3-11-18-13(2)19-17-10-9-15(12-16(17)18)14-7-5-4-6-8-14/h4-10,12H,1-3,11H2/q-1. The molecule has 0 radical (unpaired) electrons. The predicted molar refractivity (Wildman–Crippen MR) is 79.0 cm³/mol. The lowest BCUT2D eigenvalue weighted by atomic mass is 10.0.